The van der Waals surface area contributed by atoms with Crippen molar-refractivity contribution in [2.45, 2.75) is 25.0 Å². The maximum atomic E-state index is 9.30. The number of benzene rings is 1. The number of ether oxygens (including phenoxy) is 2. The van der Waals surface area contributed by atoms with Crippen molar-refractivity contribution < 1.29 is 9.47 Å². The van der Waals surface area contributed by atoms with Crippen LogP contribution in [0.1, 0.15) is 29.2 Å². The van der Waals surface area contributed by atoms with Crippen molar-refractivity contribution in [1.82, 2.24) is 10.2 Å². The van der Waals surface area contributed by atoms with Gasteiger partial charge in [-0.3, -0.25) is 10.8 Å². The summed E-state index contributed by atoms with van der Waals surface area (Å²) in [7, 11) is 1.63. The molecule has 0 bridgehead atoms. The third-order valence-corrected chi connectivity index (χ3v) is 3.80. The SMILES string of the molecule is COc1ccccc1C1CC(N)(C#N)Oc2n[nH]c(C)c21. The predicted octanol–water partition coefficient (Wildman–Crippen LogP) is 1.82. The molecule has 2 atom stereocenters. The van der Waals surface area contributed by atoms with Crippen LogP contribution in [0.5, 0.6) is 11.6 Å². The number of nitrogens with zero attached hydrogens (tertiary/aromatic N) is 2. The van der Waals surface area contributed by atoms with Gasteiger partial charge in [-0.15, -0.1) is 5.10 Å². The highest BCUT2D eigenvalue weighted by Gasteiger charge is 2.42. The zero-order chi connectivity index (χ0) is 15.0. The maximum absolute atomic E-state index is 9.30. The molecule has 0 saturated carbocycles. The van der Waals surface area contributed by atoms with E-state index in [2.05, 4.69) is 10.2 Å². The molecule has 0 radical (unpaired) electrons. The zero-order valence-corrected chi connectivity index (χ0v) is 11.9. The molecular formula is C15H16N4O2. The summed E-state index contributed by atoms with van der Waals surface area (Å²) in [5.74, 6) is 1.04. The lowest BCUT2D eigenvalue weighted by Gasteiger charge is -2.33. The van der Waals surface area contributed by atoms with E-state index in [1.165, 1.54) is 0 Å². The normalized spacial score (nSPS) is 23.8. The highest BCUT2D eigenvalue weighted by atomic mass is 16.5. The van der Waals surface area contributed by atoms with Crippen molar-refractivity contribution in [3.05, 3.63) is 41.1 Å². The van der Waals surface area contributed by atoms with Crippen LogP contribution in [0.3, 0.4) is 0 Å². The molecule has 1 aromatic heterocycles. The Kier molecular flexibility index (Phi) is 3.07. The summed E-state index contributed by atoms with van der Waals surface area (Å²) >= 11 is 0. The van der Waals surface area contributed by atoms with Gasteiger partial charge in [0.15, 0.2) is 0 Å². The standard InChI is InChI=1S/C15H16N4O2/c1-9-13-11(10-5-3-4-6-12(10)20-2)7-15(17,8-16)21-14(13)19-18-9/h3-6,11H,7,17H2,1-2H3,(H,18,19). The topological polar surface area (TPSA) is 96.9 Å². The van der Waals surface area contributed by atoms with E-state index in [1.807, 2.05) is 37.3 Å². The summed E-state index contributed by atoms with van der Waals surface area (Å²) < 4.78 is 11.0. The molecule has 1 aromatic carbocycles. The molecule has 6 nitrogen and oxygen atoms in total. The van der Waals surface area contributed by atoms with Crippen molar-refractivity contribution in [3.63, 3.8) is 0 Å². The van der Waals surface area contributed by atoms with Gasteiger partial charge in [0.05, 0.1) is 7.11 Å². The van der Waals surface area contributed by atoms with Crippen LogP contribution < -0.4 is 15.2 Å². The van der Waals surface area contributed by atoms with Crippen molar-refractivity contribution in [2.75, 3.05) is 7.11 Å². The Morgan fingerprint density at radius 2 is 2.29 bits per heavy atom. The second-order valence-electron chi connectivity index (χ2n) is 5.17. The van der Waals surface area contributed by atoms with Crippen LogP contribution >= 0.6 is 0 Å². The number of nitrogens with two attached hydrogens (primary N) is 1. The summed E-state index contributed by atoms with van der Waals surface area (Å²) in [5, 5.41) is 16.3. The molecule has 0 saturated heterocycles. The number of aromatic amines is 1. The molecule has 108 valence electrons. The molecule has 3 rings (SSSR count). The Morgan fingerprint density at radius 1 is 1.52 bits per heavy atom. The Morgan fingerprint density at radius 3 is 3.00 bits per heavy atom. The van der Waals surface area contributed by atoms with E-state index < -0.39 is 5.72 Å². The van der Waals surface area contributed by atoms with Crippen molar-refractivity contribution in [1.29, 1.82) is 5.26 Å². The van der Waals surface area contributed by atoms with Gasteiger partial charge in [-0.1, -0.05) is 18.2 Å². The van der Waals surface area contributed by atoms with Gasteiger partial charge in [-0.25, -0.2) is 0 Å². The largest absolute Gasteiger partial charge is 0.496 e. The van der Waals surface area contributed by atoms with Gasteiger partial charge in [-0.2, -0.15) is 5.26 Å². The van der Waals surface area contributed by atoms with E-state index in [0.29, 0.717) is 12.3 Å². The first-order valence-corrected chi connectivity index (χ1v) is 6.65. The molecule has 1 aliphatic rings. The molecule has 2 unspecified atom stereocenters. The number of aromatic nitrogens is 2. The van der Waals surface area contributed by atoms with E-state index in [9.17, 15) is 5.26 Å². The lowest BCUT2D eigenvalue weighted by atomic mass is 9.82. The molecule has 0 aliphatic carbocycles. The van der Waals surface area contributed by atoms with E-state index in [0.717, 1.165) is 22.6 Å². The minimum atomic E-state index is -1.39. The lowest BCUT2D eigenvalue weighted by Crippen LogP contribution is -2.48. The Balaban J connectivity index is 2.17. The fourth-order valence-electron chi connectivity index (χ4n) is 2.81. The molecule has 0 spiro atoms. The highest BCUT2D eigenvalue weighted by molar-refractivity contribution is 5.49. The zero-order valence-electron chi connectivity index (χ0n) is 11.9. The van der Waals surface area contributed by atoms with Crippen LogP contribution in [0.4, 0.5) is 0 Å². The van der Waals surface area contributed by atoms with Gasteiger partial charge in [0.1, 0.15) is 11.8 Å². The number of rotatable bonds is 2. The summed E-state index contributed by atoms with van der Waals surface area (Å²) in [6.45, 7) is 1.92. The molecule has 21 heavy (non-hydrogen) atoms. The Hall–Kier alpha value is -2.52. The Bertz CT molecular complexity index is 719. The average Bonchev–Trinajstić information content (AvgIpc) is 2.87. The smallest absolute Gasteiger partial charge is 0.249 e. The predicted molar refractivity (Wildman–Crippen MR) is 75.9 cm³/mol. The van der Waals surface area contributed by atoms with E-state index >= 15 is 0 Å². The van der Waals surface area contributed by atoms with Crippen LogP contribution in [-0.4, -0.2) is 23.0 Å². The second kappa shape index (κ2) is 4.79. The molecular weight excluding hydrogens is 268 g/mol. The highest BCUT2D eigenvalue weighted by Crippen LogP contribution is 2.45. The van der Waals surface area contributed by atoms with Crippen molar-refractivity contribution in [2.24, 2.45) is 5.73 Å². The molecule has 0 fully saturated rings. The number of para-hydroxylation sites is 1. The first-order chi connectivity index (χ1) is 10.1. The van der Waals surface area contributed by atoms with Gasteiger partial charge >= 0.3 is 0 Å². The monoisotopic (exact) mass is 284 g/mol. The van der Waals surface area contributed by atoms with E-state index in [4.69, 9.17) is 15.2 Å². The molecule has 2 aromatic rings. The van der Waals surface area contributed by atoms with Gasteiger partial charge in [0.2, 0.25) is 11.6 Å². The molecule has 3 N–H and O–H groups in total. The summed E-state index contributed by atoms with van der Waals surface area (Å²) in [6.07, 6.45) is 0.344. The quantitative estimate of drug-likeness (QED) is 0.876. The fraction of sp³-hybridized carbons (Fsp3) is 0.333. The fourth-order valence-corrected chi connectivity index (χ4v) is 2.81. The van der Waals surface area contributed by atoms with E-state index in [-0.39, 0.29) is 5.92 Å². The van der Waals surface area contributed by atoms with Crippen LogP contribution in [0.2, 0.25) is 0 Å². The number of nitrogens with one attached hydrogen (secondary N) is 1. The maximum Gasteiger partial charge on any atom is 0.249 e. The van der Waals surface area contributed by atoms with Gasteiger partial charge in [-0.05, 0) is 13.0 Å². The number of nitriles is 1. The van der Waals surface area contributed by atoms with Crippen LogP contribution in [0.15, 0.2) is 24.3 Å². The third kappa shape index (κ3) is 2.12. The average molecular weight is 284 g/mol. The first-order valence-electron chi connectivity index (χ1n) is 6.65. The van der Waals surface area contributed by atoms with Gasteiger partial charge < -0.3 is 9.47 Å². The number of methoxy groups -OCH3 is 1. The van der Waals surface area contributed by atoms with Crippen LogP contribution in [0.25, 0.3) is 0 Å². The number of H-pyrrole nitrogens is 1. The third-order valence-electron chi connectivity index (χ3n) is 3.80. The molecule has 0 amide bonds. The Labute approximate surface area is 122 Å². The van der Waals surface area contributed by atoms with Gasteiger partial charge in [0.25, 0.3) is 0 Å². The molecule has 6 heteroatoms. The van der Waals surface area contributed by atoms with Gasteiger partial charge in [0, 0.05) is 29.2 Å². The molecule has 1 aliphatic heterocycles. The summed E-state index contributed by atoms with van der Waals surface area (Å²) in [6, 6.07) is 9.74. The lowest BCUT2D eigenvalue weighted by molar-refractivity contribution is 0.0954. The van der Waals surface area contributed by atoms with E-state index in [1.54, 1.807) is 7.11 Å². The number of aryl methyl sites for hydroxylation is 1. The molecule has 2 heterocycles. The minimum Gasteiger partial charge on any atom is -0.496 e. The summed E-state index contributed by atoms with van der Waals surface area (Å²) in [4.78, 5) is 0. The van der Waals surface area contributed by atoms with Crippen molar-refractivity contribution in [3.8, 4) is 17.7 Å². The van der Waals surface area contributed by atoms with Crippen LogP contribution in [0, 0.1) is 18.3 Å². The number of fused-ring (bicyclic) bond motifs is 1. The summed E-state index contributed by atoms with van der Waals surface area (Å²) in [5.41, 5.74) is 7.44. The number of hydrogen-bond donors (Lipinski definition) is 2. The van der Waals surface area contributed by atoms with Crippen LogP contribution in [-0.2, 0) is 0 Å². The second-order valence-corrected chi connectivity index (χ2v) is 5.17. The minimum absolute atomic E-state index is 0.103. The first kappa shape index (κ1) is 13.5. The number of hydrogen-bond acceptors (Lipinski definition) is 5. The van der Waals surface area contributed by atoms with Crippen molar-refractivity contribution >= 4 is 0 Å².